The highest BCUT2D eigenvalue weighted by atomic mass is 35.5. The molecule has 1 aromatic rings. The number of rotatable bonds is 2. The van der Waals surface area contributed by atoms with Crippen LogP contribution in [0.4, 0.5) is 0 Å². The van der Waals surface area contributed by atoms with Gasteiger partial charge in [-0.15, -0.1) is 0 Å². The highest BCUT2D eigenvalue weighted by Crippen LogP contribution is 2.40. The summed E-state index contributed by atoms with van der Waals surface area (Å²) in [5.41, 5.74) is 0.433. The molecule has 1 atom stereocenters. The molecule has 1 heterocycles. The van der Waals surface area contributed by atoms with E-state index >= 15 is 0 Å². The molecule has 1 unspecified atom stereocenters. The summed E-state index contributed by atoms with van der Waals surface area (Å²) < 4.78 is 5.51. The first-order valence-corrected chi connectivity index (χ1v) is 5.59. The lowest BCUT2D eigenvalue weighted by atomic mass is 10.1. The average molecular weight is 245 g/mol. The molecule has 4 heteroatoms. The van der Waals surface area contributed by atoms with Crippen molar-refractivity contribution in [3.8, 4) is 5.75 Å². The molecule has 1 aliphatic rings. The maximum absolute atomic E-state index is 11.9. The Balaban J connectivity index is 2.44. The van der Waals surface area contributed by atoms with Crippen LogP contribution in [0.2, 0.25) is 10.0 Å². The summed E-state index contributed by atoms with van der Waals surface area (Å²) in [5.74, 6) is 0.381. The molecule has 0 N–H and O–H groups in total. The Morgan fingerprint density at radius 3 is 2.60 bits per heavy atom. The minimum absolute atomic E-state index is 0.0562. The Hall–Kier alpha value is -0.730. The lowest BCUT2D eigenvalue weighted by Crippen LogP contribution is -2.19. The van der Waals surface area contributed by atoms with Gasteiger partial charge in [0.2, 0.25) is 5.78 Å². The van der Waals surface area contributed by atoms with Crippen molar-refractivity contribution < 1.29 is 9.53 Å². The van der Waals surface area contributed by atoms with Crippen LogP contribution in [0.1, 0.15) is 30.1 Å². The van der Waals surface area contributed by atoms with E-state index in [2.05, 4.69) is 0 Å². The van der Waals surface area contributed by atoms with Crippen molar-refractivity contribution in [3.63, 3.8) is 0 Å². The van der Waals surface area contributed by atoms with Gasteiger partial charge >= 0.3 is 0 Å². The zero-order chi connectivity index (χ0) is 11.0. The van der Waals surface area contributed by atoms with Gasteiger partial charge in [-0.1, -0.05) is 36.5 Å². The summed E-state index contributed by atoms with van der Waals surface area (Å²) in [6.07, 6.45) is 1.17. The molecule has 15 heavy (non-hydrogen) atoms. The molecule has 0 aliphatic carbocycles. The summed E-state index contributed by atoms with van der Waals surface area (Å²) in [4.78, 5) is 11.9. The molecule has 0 amide bonds. The van der Waals surface area contributed by atoms with Gasteiger partial charge in [-0.05, 0) is 18.6 Å². The van der Waals surface area contributed by atoms with Crippen LogP contribution in [-0.2, 0) is 0 Å². The highest BCUT2D eigenvalue weighted by molar-refractivity contribution is 6.38. The van der Waals surface area contributed by atoms with E-state index in [1.165, 1.54) is 0 Å². The van der Waals surface area contributed by atoms with Crippen molar-refractivity contribution >= 4 is 29.0 Å². The van der Waals surface area contributed by atoms with Gasteiger partial charge in [-0.3, -0.25) is 4.79 Å². The Morgan fingerprint density at radius 1 is 1.33 bits per heavy atom. The van der Waals surface area contributed by atoms with Gasteiger partial charge in [-0.2, -0.15) is 0 Å². The van der Waals surface area contributed by atoms with Crippen molar-refractivity contribution in [1.82, 2.24) is 0 Å². The predicted molar refractivity (Wildman–Crippen MR) is 60.1 cm³/mol. The molecule has 0 aromatic heterocycles. The fourth-order valence-electron chi connectivity index (χ4n) is 1.69. The third-order valence-corrected chi connectivity index (χ3v) is 3.02. The maximum Gasteiger partial charge on any atom is 0.208 e. The minimum Gasteiger partial charge on any atom is -0.480 e. The van der Waals surface area contributed by atoms with E-state index < -0.39 is 6.10 Å². The number of halogens is 2. The normalized spacial score (nSPS) is 18.9. The summed E-state index contributed by atoms with van der Waals surface area (Å²) in [6.45, 7) is 2.00. The van der Waals surface area contributed by atoms with E-state index in [0.29, 0.717) is 27.8 Å². The lowest BCUT2D eigenvalue weighted by molar-refractivity contribution is 0.0845. The zero-order valence-electron chi connectivity index (χ0n) is 8.22. The molecule has 0 bridgehead atoms. The number of benzene rings is 1. The molecule has 0 saturated carbocycles. The molecule has 0 spiro atoms. The molecular weight excluding hydrogens is 235 g/mol. The van der Waals surface area contributed by atoms with Gasteiger partial charge in [0.1, 0.15) is 0 Å². The quantitative estimate of drug-likeness (QED) is 0.793. The number of carbonyl (C=O) groups excluding carboxylic acids is 1. The molecular formula is C11H10Cl2O2. The lowest BCUT2D eigenvalue weighted by Gasteiger charge is -2.07. The first-order chi connectivity index (χ1) is 7.15. The SMILES string of the molecule is CCCC1Oc2c(Cl)ccc(Cl)c2C1=O. The van der Waals surface area contributed by atoms with E-state index in [1.54, 1.807) is 12.1 Å². The second-order valence-electron chi connectivity index (χ2n) is 3.49. The summed E-state index contributed by atoms with van der Waals surface area (Å²) >= 11 is 11.9. The Morgan fingerprint density at radius 2 is 2.00 bits per heavy atom. The van der Waals surface area contributed by atoms with E-state index in [1.807, 2.05) is 6.92 Å². The molecule has 2 nitrogen and oxygen atoms in total. The van der Waals surface area contributed by atoms with Crippen LogP contribution in [0.5, 0.6) is 5.75 Å². The number of ketones is 1. The Kier molecular flexibility index (Phi) is 2.89. The van der Waals surface area contributed by atoms with Crippen LogP contribution in [0.25, 0.3) is 0 Å². The molecule has 0 radical (unpaired) electrons. The zero-order valence-corrected chi connectivity index (χ0v) is 9.73. The number of hydrogen-bond acceptors (Lipinski definition) is 2. The number of fused-ring (bicyclic) bond motifs is 1. The monoisotopic (exact) mass is 244 g/mol. The standard InChI is InChI=1S/C11H10Cl2O2/c1-2-3-8-10(14)9-6(12)4-5-7(13)11(9)15-8/h4-5,8H,2-3H2,1H3. The summed E-state index contributed by atoms with van der Waals surface area (Å²) in [5, 5.41) is 0.861. The van der Waals surface area contributed by atoms with E-state index in [4.69, 9.17) is 27.9 Å². The molecule has 0 saturated heterocycles. The van der Waals surface area contributed by atoms with Crippen molar-refractivity contribution in [2.75, 3.05) is 0 Å². The first-order valence-electron chi connectivity index (χ1n) is 4.84. The van der Waals surface area contributed by atoms with Gasteiger partial charge in [0.15, 0.2) is 11.9 Å². The second-order valence-corrected chi connectivity index (χ2v) is 4.31. The molecule has 2 rings (SSSR count). The van der Waals surface area contributed by atoms with Gasteiger partial charge in [-0.25, -0.2) is 0 Å². The van der Waals surface area contributed by atoms with Gasteiger partial charge in [0, 0.05) is 0 Å². The maximum atomic E-state index is 11.9. The topological polar surface area (TPSA) is 26.3 Å². The van der Waals surface area contributed by atoms with E-state index in [0.717, 1.165) is 6.42 Å². The van der Waals surface area contributed by atoms with Crippen molar-refractivity contribution in [3.05, 3.63) is 27.7 Å². The molecule has 1 aliphatic heterocycles. The van der Waals surface area contributed by atoms with Crippen LogP contribution in [0.15, 0.2) is 12.1 Å². The largest absolute Gasteiger partial charge is 0.480 e. The number of hydrogen-bond donors (Lipinski definition) is 0. The Bertz CT molecular complexity index is 415. The summed E-state index contributed by atoms with van der Waals surface area (Å²) in [6, 6.07) is 3.27. The molecule has 80 valence electrons. The number of Topliss-reactive ketones (excluding diaryl/α,β-unsaturated/α-hetero) is 1. The van der Waals surface area contributed by atoms with Crippen LogP contribution < -0.4 is 4.74 Å². The third kappa shape index (κ3) is 1.72. The fraction of sp³-hybridized carbons (Fsp3) is 0.364. The van der Waals surface area contributed by atoms with Gasteiger partial charge < -0.3 is 4.74 Å². The van der Waals surface area contributed by atoms with Gasteiger partial charge in [0.05, 0.1) is 15.6 Å². The van der Waals surface area contributed by atoms with Gasteiger partial charge in [0.25, 0.3) is 0 Å². The van der Waals surface area contributed by atoms with Crippen molar-refractivity contribution in [2.45, 2.75) is 25.9 Å². The van der Waals surface area contributed by atoms with Crippen LogP contribution in [0.3, 0.4) is 0 Å². The highest BCUT2D eigenvalue weighted by Gasteiger charge is 2.35. The van der Waals surface area contributed by atoms with Crippen LogP contribution >= 0.6 is 23.2 Å². The number of carbonyl (C=O) groups is 1. The Labute approximate surface area is 98.1 Å². The van der Waals surface area contributed by atoms with E-state index in [-0.39, 0.29) is 5.78 Å². The summed E-state index contributed by atoms with van der Waals surface area (Å²) in [7, 11) is 0. The van der Waals surface area contributed by atoms with Crippen LogP contribution in [-0.4, -0.2) is 11.9 Å². The van der Waals surface area contributed by atoms with E-state index in [9.17, 15) is 4.79 Å². The third-order valence-electron chi connectivity index (χ3n) is 2.41. The minimum atomic E-state index is -0.414. The smallest absolute Gasteiger partial charge is 0.208 e. The number of ether oxygens (including phenoxy) is 1. The average Bonchev–Trinajstić information content (AvgIpc) is 2.53. The first kappa shape index (κ1) is 10.8. The second kappa shape index (κ2) is 4.03. The van der Waals surface area contributed by atoms with Crippen molar-refractivity contribution in [1.29, 1.82) is 0 Å². The van der Waals surface area contributed by atoms with Crippen LogP contribution in [0, 0.1) is 0 Å². The molecule has 0 fully saturated rings. The fourth-order valence-corrected chi connectivity index (χ4v) is 2.13. The molecule has 1 aromatic carbocycles. The predicted octanol–water partition coefficient (Wildman–Crippen LogP) is 3.74. The van der Waals surface area contributed by atoms with Crippen molar-refractivity contribution in [2.24, 2.45) is 0 Å².